The standard InChI is InChI=1S/C16H14BrNO3S/c1-21-14-7-9-15(10-8-14)22(19,20)16(18)11-4-12-2-5-13(17)6-3-12/h2-11,18H,1H3. The second kappa shape index (κ2) is 6.89. The van der Waals surface area contributed by atoms with Crippen molar-refractivity contribution in [2.75, 3.05) is 7.11 Å². The number of halogens is 1. The van der Waals surface area contributed by atoms with Crippen molar-refractivity contribution in [2.24, 2.45) is 0 Å². The zero-order valence-electron chi connectivity index (χ0n) is 11.8. The number of rotatable bonds is 4. The molecule has 22 heavy (non-hydrogen) atoms. The van der Waals surface area contributed by atoms with Gasteiger partial charge in [-0.15, -0.1) is 0 Å². The van der Waals surface area contributed by atoms with Crippen molar-refractivity contribution in [3.8, 4) is 5.75 Å². The molecule has 0 atom stereocenters. The van der Waals surface area contributed by atoms with E-state index in [2.05, 4.69) is 15.9 Å². The summed E-state index contributed by atoms with van der Waals surface area (Å²) in [6, 6.07) is 13.3. The van der Waals surface area contributed by atoms with Crippen molar-refractivity contribution in [3.63, 3.8) is 0 Å². The fraction of sp³-hybridized carbons (Fsp3) is 0.0625. The third kappa shape index (κ3) is 3.84. The molecule has 2 aromatic rings. The van der Waals surface area contributed by atoms with Crippen LogP contribution in [0.5, 0.6) is 5.75 Å². The zero-order valence-corrected chi connectivity index (χ0v) is 14.2. The summed E-state index contributed by atoms with van der Waals surface area (Å²) in [5, 5.41) is 7.35. The molecule has 0 saturated heterocycles. The lowest BCUT2D eigenvalue weighted by Gasteiger charge is -2.04. The Hall–Kier alpha value is -1.92. The van der Waals surface area contributed by atoms with Gasteiger partial charge < -0.3 is 4.74 Å². The van der Waals surface area contributed by atoms with Crippen LogP contribution in [0, 0.1) is 5.41 Å². The monoisotopic (exact) mass is 379 g/mol. The van der Waals surface area contributed by atoms with Crippen LogP contribution in [0.1, 0.15) is 5.56 Å². The Balaban J connectivity index is 2.21. The first-order valence-corrected chi connectivity index (χ1v) is 8.62. The van der Waals surface area contributed by atoms with Crippen LogP contribution >= 0.6 is 15.9 Å². The number of hydrogen-bond acceptors (Lipinski definition) is 4. The van der Waals surface area contributed by atoms with Crippen LogP contribution in [0.15, 0.2) is 64.0 Å². The lowest BCUT2D eigenvalue weighted by atomic mass is 10.2. The molecule has 0 saturated carbocycles. The Bertz CT molecular complexity index is 794. The molecule has 4 nitrogen and oxygen atoms in total. The van der Waals surface area contributed by atoms with Gasteiger partial charge in [0.15, 0.2) is 5.04 Å². The summed E-state index contributed by atoms with van der Waals surface area (Å²) in [5.41, 5.74) is 0.817. The van der Waals surface area contributed by atoms with Gasteiger partial charge in [-0.25, -0.2) is 8.42 Å². The highest BCUT2D eigenvalue weighted by molar-refractivity contribution is 9.10. The highest BCUT2D eigenvalue weighted by Crippen LogP contribution is 2.18. The van der Waals surface area contributed by atoms with Gasteiger partial charge in [-0.1, -0.05) is 34.1 Å². The Kier molecular flexibility index (Phi) is 5.15. The van der Waals surface area contributed by atoms with Crippen LogP contribution in [-0.2, 0) is 9.84 Å². The summed E-state index contributed by atoms with van der Waals surface area (Å²) < 4.78 is 30.5. The highest BCUT2D eigenvalue weighted by atomic mass is 79.9. The lowest BCUT2D eigenvalue weighted by molar-refractivity contribution is 0.414. The number of hydrogen-bond donors (Lipinski definition) is 1. The molecule has 0 aliphatic heterocycles. The minimum Gasteiger partial charge on any atom is -0.497 e. The summed E-state index contributed by atoms with van der Waals surface area (Å²) in [7, 11) is -2.30. The SMILES string of the molecule is COc1ccc(S(=O)(=O)C(=N)C=Cc2ccc(Br)cc2)cc1. The second-order valence-electron chi connectivity index (χ2n) is 4.43. The number of sulfone groups is 1. The summed E-state index contributed by atoms with van der Waals surface area (Å²) in [6.45, 7) is 0. The van der Waals surface area contributed by atoms with Crippen molar-refractivity contribution in [2.45, 2.75) is 4.90 Å². The molecule has 0 aliphatic rings. The summed E-state index contributed by atoms with van der Waals surface area (Å²) in [5.74, 6) is 0.566. The molecule has 0 bridgehead atoms. The van der Waals surface area contributed by atoms with Gasteiger partial charge in [0.05, 0.1) is 12.0 Å². The van der Waals surface area contributed by atoms with Gasteiger partial charge in [-0.3, -0.25) is 5.41 Å². The first-order chi connectivity index (χ1) is 10.4. The molecule has 0 radical (unpaired) electrons. The van der Waals surface area contributed by atoms with Crippen molar-refractivity contribution in [1.82, 2.24) is 0 Å². The summed E-state index contributed by atoms with van der Waals surface area (Å²) >= 11 is 3.33. The maximum absolute atomic E-state index is 12.3. The van der Waals surface area contributed by atoms with E-state index in [9.17, 15) is 8.42 Å². The average molecular weight is 380 g/mol. The molecule has 0 spiro atoms. The Labute approximate surface area is 138 Å². The van der Waals surface area contributed by atoms with E-state index in [1.807, 2.05) is 24.3 Å². The maximum atomic E-state index is 12.3. The number of ether oxygens (including phenoxy) is 1. The zero-order chi connectivity index (χ0) is 16.2. The Morgan fingerprint density at radius 2 is 1.68 bits per heavy atom. The van der Waals surface area contributed by atoms with Crippen LogP contribution in [-0.4, -0.2) is 20.6 Å². The lowest BCUT2D eigenvalue weighted by Crippen LogP contribution is -2.11. The van der Waals surface area contributed by atoms with Gasteiger partial charge in [0.2, 0.25) is 9.84 Å². The first kappa shape index (κ1) is 16.5. The fourth-order valence-corrected chi connectivity index (χ4v) is 2.98. The van der Waals surface area contributed by atoms with Crippen molar-refractivity contribution in [3.05, 3.63) is 64.6 Å². The predicted octanol–water partition coefficient (Wildman–Crippen LogP) is 3.92. The van der Waals surface area contributed by atoms with Crippen molar-refractivity contribution < 1.29 is 13.2 Å². The Morgan fingerprint density at radius 3 is 2.23 bits per heavy atom. The van der Waals surface area contributed by atoms with E-state index in [0.29, 0.717) is 5.75 Å². The molecule has 2 aromatic carbocycles. The van der Waals surface area contributed by atoms with E-state index in [4.69, 9.17) is 10.1 Å². The number of benzene rings is 2. The van der Waals surface area contributed by atoms with Crippen molar-refractivity contribution in [1.29, 1.82) is 5.41 Å². The minimum atomic E-state index is -3.81. The van der Waals surface area contributed by atoms with Gasteiger partial charge in [0, 0.05) is 4.47 Å². The van der Waals surface area contributed by atoms with Gasteiger partial charge in [0.25, 0.3) is 0 Å². The van der Waals surface area contributed by atoms with Gasteiger partial charge in [-0.05, 0) is 48.0 Å². The molecular weight excluding hydrogens is 366 g/mol. The van der Waals surface area contributed by atoms with Crippen molar-refractivity contribution >= 4 is 36.9 Å². The normalized spacial score (nSPS) is 11.5. The van der Waals surface area contributed by atoms with E-state index in [0.717, 1.165) is 10.0 Å². The maximum Gasteiger partial charge on any atom is 0.223 e. The first-order valence-electron chi connectivity index (χ1n) is 6.35. The molecule has 0 fully saturated rings. The Morgan fingerprint density at radius 1 is 1.09 bits per heavy atom. The molecule has 2 rings (SSSR count). The molecule has 0 unspecified atom stereocenters. The van der Waals surface area contributed by atoms with E-state index in [1.54, 1.807) is 18.2 Å². The van der Waals surface area contributed by atoms with E-state index in [-0.39, 0.29) is 4.90 Å². The van der Waals surface area contributed by atoms with Crippen LogP contribution in [0.2, 0.25) is 0 Å². The molecule has 0 heterocycles. The third-order valence-corrected chi connectivity index (χ3v) is 5.09. The number of nitrogens with one attached hydrogen (secondary N) is 1. The van der Waals surface area contributed by atoms with Crippen LogP contribution in [0.3, 0.4) is 0 Å². The second-order valence-corrected chi connectivity index (χ2v) is 7.26. The van der Waals surface area contributed by atoms with Crippen LogP contribution < -0.4 is 4.74 Å². The molecule has 0 aromatic heterocycles. The minimum absolute atomic E-state index is 0.0683. The average Bonchev–Trinajstić information content (AvgIpc) is 2.54. The molecule has 1 N–H and O–H groups in total. The van der Waals surface area contributed by atoms with Gasteiger partial charge in [0.1, 0.15) is 5.75 Å². The molecule has 0 amide bonds. The molecule has 114 valence electrons. The predicted molar refractivity (Wildman–Crippen MR) is 91.1 cm³/mol. The fourth-order valence-electron chi connectivity index (χ4n) is 1.72. The molecule has 6 heteroatoms. The van der Waals surface area contributed by atoms with Crippen LogP contribution in [0.4, 0.5) is 0 Å². The molecule has 0 aliphatic carbocycles. The highest BCUT2D eigenvalue weighted by Gasteiger charge is 2.18. The van der Waals surface area contributed by atoms with E-state index < -0.39 is 14.9 Å². The van der Waals surface area contributed by atoms with Gasteiger partial charge >= 0.3 is 0 Å². The van der Waals surface area contributed by atoms with Crippen LogP contribution in [0.25, 0.3) is 6.08 Å². The van der Waals surface area contributed by atoms with Gasteiger partial charge in [-0.2, -0.15) is 0 Å². The van der Waals surface area contributed by atoms with E-state index >= 15 is 0 Å². The topological polar surface area (TPSA) is 67.2 Å². The summed E-state index contributed by atoms with van der Waals surface area (Å²) in [6.07, 6.45) is 2.87. The number of methoxy groups -OCH3 is 1. The quantitative estimate of drug-likeness (QED) is 0.646. The largest absolute Gasteiger partial charge is 0.497 e. The smallest absolute Gasteiger partial charge is 0.223 e. The third-order valence-electron chi connectivity index (χ3n) is 2.96. The van der Waals surface area contributed by atoms with E-state index in [1.165, 1.54) is 25.3 Å². The molecular formula is C16H14BrNO3S. The summed E-state index contributed by atoms with van der Waals surface area (Å²) in [4.78, 5) is 0.0683.